The number of hydrogen-bond donors (Lipinski definition) is 0. The summed E-state index contributed by atoms with van der Waals surface area (Å²) in [4.78, 5) is 35.1. The van der Waals surface area contributed by atoms with Crippen molar-refractivity contribution in [2.45, 2.75) is 26.8 Å². The van der Waals surface area contributed by atoms with E-state index in [4.69, 9.17) is 4.42 Å². The monoisotopic (exact) mass is 391 g/mol. The molecule has 1 aromatic carbocycles. The molecule has 6 heteroatoms. The van der Waals surface area contributed by atoms with Crippen LogP contribution in [0.5, 0.6) is 0 Å². The number of pyridine rings is 1. The van der Waals surface area contributed by atoms with Crippen molar-refractivity contribution in [3.8, 4) is 0 Å². The Bertz CT molecular complexity index is 1100. The number of likely N-dealkylation sites (N-methyl/N-ethyl adjacent to an activating group) is 1. The standard InChI is InChI=1S/C23H25N3O3/c1-4-25(5-2)12-13-26-20(17-8-6-7-11-24-17)19-21(27)16-14-15(3)9-10-18(16)29-22(19)23(26)28/h6-11,14,20H,4-5,12-13H2,1-3H3. The number of fused-ring (bicyclic) bond motifs is 2. The van der Waals surface area contributed by atoms with Crippen molar-refractivity contribution in [3.63, 3.8) is 0 Å². The smallest absolute Gasteiger partial charge is 0.291 e. The predicted molar refractivity (Wildman–Crippen MR) is 112 cm³/mol. The van der Waals surface area contributed by atoms with E-state index in [1.165, 1.54) is 0 Å². The van der Waals surface area contributed by atoms with Crippen LogP contribution in [0, 0.1) is 6.92 Å². The number of amides is 1. The number of hydrogen-bond acceptors (Lipinski definition) is 5. The van der Waals surface area contributed by atoms with E-state index >= 15 is 0 Å². The van der Waals surface area contributed by atoms with Gasteiger partial charge in [-0.25, -0.2) is 0 Å². The van der Waals surface area contributed by atoms with Crippen molar-refractivity contribution in [1.29, 1.82) is 0 Å². The Morgan fingerprint density at radius 2 is 1.93 bits per heavy atom. The molecule has 0 radical (unpaired) electrons. The molecule has 0 bridgehead atoms. The molecular weight excluding hydrogens is 366 g/mol. The molecule has 0 N–H and O–H groups in total. The van der Waals surface area contributed by atoms with Gasteiger partial charge in [0.2, 0.25) is 5.76 Å². The molecule has 2 aromatic heterocycles. The summed E-state index contributed by atoms with van der Waals surface area (Å²) in [6.45, 7) is 9.16. The number of rotatable bonds is 6. The molecule has 0 aliphatic carbocycles. The van der Waals surface area contributed by atoms with E-state index in [9.17, 15) is 9.59 Å². The maximum atomic E-state index is 13.4. The first-order valence-electron chi connectivity index (χ1n) is 10.1. The summed E-state index contributed by atoms with van der Waals surface area (Å²) < 4.78 is 5.96. The first kappa shape index (κ1) is 19.3. The molecule has 0 spiro atoms. The summed E-state index contributed by atoms with van der Waals surface area (Å²) in [6, 6.07) is 10.5. The van der Waals surface area contributed by atoms with Crippen LogP contribution in [0.25, 0.3) is 11.0 Å². The van der Waals surface area contributed by atoms with Crippen LogP contribution in [-0.4, -0.2) is 46.9 Å². The third-order valence-electron chi connectivity index (χ3n) is 5.64. The molecule has 1 unspecified atom stereocenters. The molecule has 1 aliphatic rings. The second kappa shape index (κ2) is 7.79. The summed E-state index contributed by atoms with van der Waals surface area (Å²) in [5, 5.41) is 0.503. The fourth-order valence-corrected chi connectivity index (χ4v) is 4.00. The zero-order chi connectivity index (χ0) is 20.5. The van der Waals surface area contributed by atoms with E-state index in [0.29, 0.717) is 28.8 Å². The van der Waals surface area contributed by atoms with Gasteiger partial charge in [0, 0.05) is 19.3 Å². The first-order chi connectivity index (χ1) is 14.0. The van der Waals surface area contributed by atoms with Gasteiger partial charge in [-0.2, -0.15) is 0 Å². The molecule has 3 aromatic rings. The first-order valence-corrected chi connectivity index (χ1v) is 10.1. The fourth-order valence-electron chi connectivity index (χ4n) is 4.00. The van der Waals surface area contributed by atoms with Crippen LogP contribution < -0.4 is 5.43 Å². The van der Waals surface area contributed by atoms with Crippen LogP contribution in [0.4, 0.5) is 0 Å². The lowest BCUT2D eigenvalue weighted by molar-refractivity contribution is 0.0705. The SMILES string of the molecule is CCN(CC)CCN1C(=O)c2oc3ccc(C)cc3c(=O)c2C1c1ccccn1. The topological polar surface area (TPSA) is 66.7 Å². The van der Waals surface area contributed by atoms with Crippen LogP contribution in [0.3, 0.4) is 0 Å². The number of carbonyl (C=O) groups is 1. The zero-order valence-electron chi connectivity index (χ0n) is 17.0. The lowest BCUT2D eigenvalue weighted by Crippen LogP contribution is -2.38. The minimum atomic E-state index is -0.532. The molecule has 0 fully saturated rings. The van der Waals surface area contributed by atoms with E-state index in [-0.39, 0.29) is 17.1 Å². The Labute approximate surface area is 169 Å². The molecule has 1 aliphatic heterocycles. The van der Waals surface area contributed by atoms with E-state index < -0.39 is 6.04 Å². The van der Waals surface area contributed by atoms with Crippen molar-refractivity contribution in [1.82, 2.24) is 14.8 Å². The third kappa shape index (κ3) is 3.34. The minimum absolute atomic E-state index is 0.140. The molecule has 1 amide bonds. The van der Waals surface area contributed by atoms with Gasteiger partial charge in [-0.1, -0.05) is 31.5 Å². The predicted octanol–water partition coefficient (Wildman–Crippen LogP) is 3.38. The van der Waals surface area contributed by atoms with Gasteiger partial charge >= 0.3 is 0 Å². The second-order valence-corrected chi connectivity index (χ2v) is 7.36. The fraction of sp³-hybridized carbons (Fsp3) is 0.348. The van der Waals surface area contributed by atoms with Crippen LogP contribution >= 0.6 is 0 Å². The van der Waals surface area contributed by atoms with Crippen LogP contribution in [-0.2, 0) is 0 Å². The van der Waals surface area contributed by atoms with Crippen molar-refractivity contribution in [3.05, 3.63) is 75.4 Å². The van der Waals surface area contributed by atoms with Gasteiger partial charge in [0.1, 0.15) is 11.6 Å². The van der Waals surface area contributed by atoms with Gasteiger partial charge in [0.15, 0.2) is 5.43 Å². The maximum absolute atomic E-state index is 13.4. The number of aryl methyl sites for hydroxylation is 1. The van der Waals surface area contributed by atoms with Crippen molar-refractivity contribution < 1.29 is 9.21 Å². The maximum Gasteiger partial charge on any atom is 0.291 e. The van der Waals surface area contributed by atoms with Gasteiger partial charge in [0.05, 0.1) is 16.6 Å². The molecule has 0 saturated carbocycles. The number of nitrogens with zero attached hydrogens (tertiary/aromatic N) is 3. The van der Waals surface area contributed by atoms with Crippen LogP contribution in [0.1, 0.15) is 47.3 Å². The van der Waals surface area contributed by atoms with E-state index in [1.807, 2.05) is 37.3 Å². The van der Waals surface area contributed by atoms with Gasteiger partial charge < -0.3 is 14.2 Å². The van der Waals surface area contributed by atoms with E-state index in [1.54, 1.807) is 17.2 Å². The molecule has 150 valence electrons. The second-order valence-electron chi connectivity index (χ2n) is 7.36. The zero-order valence-corrected chi connectivity index (χ0v) is 17.0. The van der Waals surface area contributed by atoms with Gasteiger partial charge in [-0.15, -0.1) is 0 Å². The summed E-state index contributed by atoms with van der Waals surface area (Å²) in [5.74, 6) is -0.107. The van der Waals surface area contributed by atoms with Gasteiger partial charge in [-0.05, 0) is 44.3 Å². The highest BCUT2D eigenvalue weighted by Crippen LogP contribution is 2.37. The number of aromatic nitrogens is 1. The minimum Gasteiger partial charge on any atom is -0.450 e. The molecular formula is C23H25N3O3. The largest absolute Gasteiger partial charge is 0.450 e. The van der Waals surface area contributed by atoms with Crippen LogP contribution in [0.15, 0.2) is 51.8 Å². The highest BCUT2D eigenvalue weighted by molar-refractivity contribution is 5.99. The van der Waals surface area contributed by atoms with Crippen LogP contribution in [0.2, 0.25) is 0 Å². The highest BCUT2D eigenvalue weighted by Gasteiger charge is 2.43. The average molecular weight is 391 g/mol. The highest BCUT2D eigenvalue weighted by atomic mass is 16.3. The van der Waals surface area contributed by atoms with Gasteiger partial charge in [-0.3, -0.25) is 14.6 Å². The summed E-state index contributed by atoms with van der Waals surface area (Å²) in [5.41, 5.74) is 2.34. The normalized spacial score (nSPS) is 16.1. The Balaban J connectivity index is 1.87. The molecule has 1 atom stereocenters. The average Bonchev–Trinajstić information content (AvgIpc) is 3.02. The van der Waals surface area contributed by atoms with E-state index in [0.717, 1.165) is 25.2 Å². The Morgan fingerprint density at radius 1 is 1.14 bits per heavy atom. The summed E-state index contributed by atoms with van der Waals surface area (Å²) >= 11 is 0. The van der Waals surface area contributed by atoms with E-state index in [2.05, 4.69) is 23.7 Å². The Kier molecular flexibility index (Phi) is 5.20. The quantitative estimate of drug-likeness (QED) is 0.644. The molecule has 0 saturated heterocycles. The third-order valence-corrected chi connectivity index (χ3v) is 5.64. The molecule has 29 heavy (non-hydrogen) atoms. The van der Waals surface area contributed by atoms with Crippen molar-refractivity contribution >= 4 is 16.9 Å². The molecule has 3 heterocycles. The molecule has 6 nitrogen and oxygen atoms in total. The van der Waals surface area contributed by atoms with Crippen molar-refractivity contribution in [2.75, 3.05) is 26.2 Å². The van der Waals surface area contributed by atoms with Gasteiger partial charge in [0.25, 0.3) is 5.91 Å². The lowest BCUT2D eigenvalue weighted by Gasteiger charge is -2.27. The van der Waals surface area contributed by atoms with Crippen molar-refractivity contribution in [2.24, 2.45) is 0 Å². The Morgan fingerprint density at radius 3 is 2.62 bits per heavy atom. The summed E-state index contributed by atoms with van der Waals surface area (Å²) in [7, 11) is 0. The number of benzene rings is 1. The summed E-state index contributed by atoms with van der Waals surface area (Å²) in [6.07, 6.45) is 1.69. The lowest BCUT2D eigenvalue weighted by atomic mass is 10.0. The molecule has 4 rings (SSSR count). The Hall–Kier alpha value is -2.99. The number of carbonyl (C=O) groups excluding carboxylic acids is 1.